The smallest absolute Gasteiger partial charge is 0.261 e. The molecule has 2 aromatic heterocycles. The van der Waals surface area contributed by atoms with Crippen LogP contribution in [-0.4, -0.2) is 57.3 Å². The lowest BCUT2D eigenvalue weighted by Crippen LogP contribution is -2.56. The summed E-state index contributed by atoms with van der Waals surface area (Å²) in [5, 5.41) is 0. The Balaban J connectivity index is 1.38. The SMILES string of the molecule is CN1CCc2[nH]cnc2C12CCN(C(=O)c1cc3c([nH]c1=O)CCCC3)CC2. The molecule has 5 rings (SSSR count). The van der Waals surface area contributed by atoms with Gasteiger partial charge in [0.25, 0.3) is 11.5 Å². The zero-order valence-corrected chi connectivity index (χ0v) is 16.4. The maximum atomic E-state index is 13.1. The second kappa shape index (κ2) is 6.58. The van der Waals surface area contributed by atoms with Crippen LogP contribution in [0, 0.1) is 0 Å². The van der Waals surface area contributed by atoms with E-state index in [9.17, 15) is 9.59 Å². The molecule has 0 unspecified atom stereocenters. The lowest BCUT2D eigenvalue weighted by atomic mass is 9.79. The summed E-state index contributed by atoms with van der Waals surface area (Å²) in [5.41, 5.74) is 4.47. The molecule has 2 aromatic rings. The summed E-state index contributed by atoms with van der Waals surface area (Å²) in [6.45, 7) is 2.28. The van der Waals surface area contributed by atoms with E-state index in [1.54, 1.807) is 6.33 Å². The lowest BCUT2D eigenvalue weighted by molar-refractivity contribution is 0.0225. The molecule has 4 heterocycles. The van der Waals surface area contributed by atoms with Crippen LogP contribution in [0.1, 0.15) is 58.7 Å². The van der Waals surface area contributed by atoms with Crippen molar-refractivity contribution in [2.75, 3.05) is 26.7 Å². The summed E-state index contributed by atoms with van der Waals surface area (Å²) >= 11 is 0. The quantitative estimate of drug-likeness (QED) is 0.786. The number of hydrogen-bond donors (Lipinski definition) is 2. The third kappa shape index (κ3) is 2.64. The summed E-state index contributed by atoms with van der Waals surface area (Å²) in [5.74, 6) is -0.134. The van der Waals surface area contributed by atoms with E-state index < -0.39 is 0 Å². The summed E-state index contributed by atoms with van der Waals surface area (Å²) in [6.07, 6.45) is 8.54. The molecule has 3 aliphatic rings. The van der Waals surface area contributed by atoms with Crippen molar-refractivity contribution < 1.29 is 4.79 Å². The fourth-order valence-corrected chi connectivity index (χ4v) is 5.29. The molecule has 0 saturated carbocycles. The van der Waals surface area contributed by atoms with Gasteiger partial charge < -0.3 is 14.9 Å². The number of hydrogen-bond acceptors (Lipinski definition) is 4. The molecule has 0 bridgehead atoms. The number of carbonyl (C=O) groups excluding carboxylic acids is 1. The monoisotopic (exact) mass is 381 g/mol. The second-order valence-electron chi connectivity index (χ2n) is 8.45. The van der Waals surface area contributed by atoms with Crippen molar-refractivity contribution in [2.24, 2.45) is 0 Å². The molecule has 7 nitrogen and oxygen atoms in total. The van der Waals surface area contributed by atoms with Gasteiger partial charge in [-0.05, 0) is 57.2 Å². The molecule has 1 fully saturated rings. The van der Waals surface area contributed by atoms with E-state index in [0.29, 0.717) is 18.7 Å². The number of pyridine rings is 1. The van der Waals surface area contributed by atoms with Gasteiger partial charge in [0.05, 0.1) is 17.6 Å². The number of fused-ring (bicyclic) bond motifs is 3. The molecule has 148 valence electrons. The number of aromatic amines is 2. The van der Waals surface area contributed by atoms with Gasteiger partial charge in [-0.2, -0.15) is 0 Å². The number of aryl methyl sites for hydroxylation is 2. The zero-order chi connectivity index (χ0) is 19.3. The highest BCUT2D eigenvalue weighted by Crippen LogP contribution is 2.41. The standard InChI is InChI=1S/C21H27N5O2/c1-25-9-6-17-18(23-13-22-17)21(25)7-10-26(11-8-21)20(28)15-12-14-4-2-3-5-16(14)24-19(15)27/h12-13H,2-11H2,1H3,(H,22,23)(H,24,27). The average Bonchev–Trinajstić information content (AvgIpc) is 3.20. The van der Waals surface area contributed by atoms with Crippen LogP contribution in [-0.2, 0) is 24.8 Å². The first-order valence-electron chi connectivity index (χ1n) is 10.4. The van der Waals surface area contributed by atoms with Gasteiger partial charge in [0.2, 0.25) is 0 Å². The van der Waals surface area contributed by atoms with Gasteiger partial charge >= 0.3 is 0 Å². The first kappa shape index (κ1) is 17.7. The Labute approximate surface area is 164 Å². The van der Waals surface area contributed by atoms with E-state index in [1.165, 1.54) is 5.69 Å². The van der Waals surface area contributed by atoms with Crippen LogP contribution < -0.4 is 5.56 Å². The molecule has 0 aromatic carbocycles. The first-order chi connectivity index (χ1) is 13.6. The highest BCUT2D eigenvalue weighted by Gasteiger charge is 2.45. The van der Waals surface area contributed by atoms with Gasteiger partial charge in [-0.1, -0.05) is 0 Å². The molecule has 0 radical (unpaired) electrons. The number of likely N-dealkylation sites (tertiary alicyclic amines) is 1. The zero-order valence-electron chi connectivity index (χ0n) is 16.4. The van der Waals surface area contributed by atoms with Crippen LogP contribution in [0.4, 0.5) is 0 Å². The van der Waals surface area contributed by atoms with E-state index in [2.05, 4.69) is 26.9 Å². The number of rotatable bonds is 1. The van der Waals surface area contributed by atoms with Crippen molar-refractivity contribution in [1.29, 1.82) is 0 Å². The normalized spacial score (nSPS) is 21.4. The topological polar surface area (TPSA) is 85.1 Å². The van der Waals surface area contributed by atoms with E-state index >= 15 is 0 Å². The summed E-state index contributed by atoms with van der Waals surface area (Å²) < 4.78 is 0. The van der Waals surface area contributed by atoms with Crippen LogP contribution in [0.2, 0.25) is 0 Å². The van der Waals surface area contributed by atoms with Gasteiger partial charge in [0, 0.05) is 37.4 Å². The molecule has 0 atom stereocenters. The lowest BCUT2D eigenvalue weighted by Gasteiger charge is -2.49. The van der Waals surface area contributed by atoms with Crippen LogP contribution >= 0.6 is 0 Å². The predicted octanol–water partition coefficient (Wildman–Crippen LogP) is 1.60. The van der Waals surface area contributed by atoms with Gasteiger partial charge in [0.15, 0.2) is 0 Å². The molecule has 1 aliphatic carbocycles. The molecule has 1 amide bonds. The molecule has 1 saturated heterocycles. The average molecular weight is 381 g/mol. The maximum absolute atomic E-state index is 13.1. The van der Waals surface area contributed by atoms with Crippen molar-refractivity contribution in [3.63, 3.8) is 0 Å². The summed E-state index contributed by atoms with van der Waals surface area (Å²) in [7, 11) is 2.16. The minimum Gasteiger partial charge on any atom is -0.348 e. The maximum Gasteiger partial charge on any atom is 0.261 e. The Bertz CT molecular complexity index is 967. The van der Waals surface area contributed by atoms with E-state index in [4.69, 9.17) is 0 Å². The first-order valence-corrected chi connectivity index (χ1v) is 10.4. The minimum absolute atomic E-state index is 0.105. The molecular formula is C21H27N5O2. The highest BCUT2D eigenvalue weighted by molar-refractivity contribution is 5.94. The molecule has 28 heavy (non-hydrogen) atoms. The molecule has 2 N–H and O–H groups in total. The predicted molar refractivity (Wildman–Crippen MR) is 105 cm³/mol. The second-order valence-corrected chi connectivity index (χ2v) is 8.45. The minimum atomic E-state index is -0.240. The fourth-order valence-electron chi connectivity index (χ4n) is 5.29. The Hall–Kier alpha value is -2.41. The number of imidazole rings is 1. The van der Waals surface area contributed by atoms with E-state index in [0.717, 1.165) is 68.4 Å². The molecular weight excluding hydrogens is 354 g/mol. The number of nitrogens with zero attached hydrogens (tertiary/aromatic N) is 3. The molecule has 2 aliphatic heterocycles. The van der Waals surface area contributed by atoms with Crippen LogP contribution in [0.25, 0.3) is 0 Å². The van der Waals surface area contributed by atoms with Gasteiger partial charge in [-0.3, -0.25) is 14.5 Å². The van der Waals surface area contributed by atoms with Gasteiger partial charge in [0.1, 0.15) is 5.56 Å². The number of aromatic nitrogens is 3. The summed E-state index contributed by atoms with van der Waals surface area (Å²) in [4.78, 5) is 40.8. The van der Waals surface area contributed by atoms with Crippen molar-refractivity contribution in [3.05, 3.63) is 51.0 Å². The van der Waals surface area contributed by atoms with Crippen molar-refractivity contribution in [1.82, 2.24) is 24.8 Å². The molecule has 1 spiro atoms. The van der Waals surface area contributed by atoms with Gasteiger partial charge in [-0.25, -0.2) is 4.98 Å². The van der Waals surface area contributed by atoms with Crippen molar-refractivity contribution in [3.8, 4) is 0 Å². The fraction of sp³-hybridized carbons (Fsp3) is 0.571. The largest absolute Gasteiger partial charge is 0.348 e. The highest BCUT2D eigenvalue weighted by atomic mass is 16.2. The summed E-state index contributed by atoms with van der Waals surface area (Å²) in [6, 6.07) is 1.85. The van der Waals surface area contributed by atoms with Crippen molar-refractivity contribution in [2.45, 2.75) is 50.5 Å². The Morgan fingerprint density at radius 3 is 2.71 bits per heavy atom. The Morgan fingerprint density at radius 2 is 1.89 bits per heavy atom. The number of nitrogens with one attached hydrogen (secondary N) is 2. The number of amides is 1. The van der Waals surface area contributed by atoms with E-state index in [-0.39, 0.29) is 17.0 Å². The van der Waals surface area contributed by atoms with Crippen LogP contribution in [0.3, 0.4) is 0 Å². The third-order valence-electron chi connectivity index (χ3n) is 7.03. The molecule has 7 heteroatoms. The number of piperidine rings is 1. The number of likely N-dealkylation sites (N-methyl/N-ethyl adjacent to an activating group) is 1. The number of carbonyl (C=O) groups is 1. The van der Waals surface area contributed by atoms with Crippen LogP contribution in [0.5, 0.6) is 0 Å². The van der Waals surface area contributed by atoms with Crippen LogP contribution in [0.15, 0.2) is 17.2 Å². The van der Waals surface area contributed by atoms with Gasteiger partial charge in [-0.15, -0.1) is 0 Å². The van der Waals surface area contributed by atoms with E-state index in [1.807, 2.05) is 11.0 Å². The Kier molecular flexibility index (Phi) is 4.16. The van der Waals surface area contributed by atoms with Crippen molar-refractivity contribution >= 4 is 5.91 Å². The third-order valence-corrected chi connectivity index (χ3v) is 7.03. The number of H-pyrrole nitrogens is 2. The Morgan fingerprint density at radius 1 is 1.11 bits per heavy atom.